The monoisotopic (exact) mass is 492 g/mol. The van der Waals surface area contributed by atoms with Crippen LogP contribution in [0.25, 0.3) is 0 Å². The highest BCUT2D eigenvalue weighted by Gasteiger charge is 2.45. The number of rotatable bonds is 7. The number of phenols is 4. The standard InChI is InChI=1S/C24H28O11/c1-33-23(13-6-8-15(27)17(29)10-13)18(4-2-3-12-5-7-14(26)16(28)9-12)34-24-22(32)21(31)20(30)19(11-25)35-24/h5-10,18-32H,4,11H2,1H3. The maximum atomic E-state index is 10.4. The van der Waals surface area contributed by atoms with Gasteiger partial charge in [0.2, 0.25) is 0 Å². The van der Waals surface area contributed by atoms with Crippen LogP contribution in [0.3, 0.4) is 0 Å². The molecule has 190 valence electrons. The average molecular weight is 492 g/mol. The summed E-state index contributed by atoms with van der Waals surface area (Å²) in [6.45, 7) is -0.640. The molecular formula is C24H28O11. The van der Waals surface area contributed by atoms with E-state index < -0.39 is 55.3 Å². The van der Waals surface area contributed by atoms with Gasteiger partial charge in [0.15, 0.2) is 29.3 Å². The Bertz CT molecular complexity index is 1060. The van der Waals surface area contributed by atoms with Gasteiger partial charge in [0, 0.05) is 19.1 Å². The Balaban J connectivity index is 1.90. The van der Waals surface area contributed by atoms with E-state index in [1.165, 1.54) is 43.5 Å². The molecule has 0 radical (unpaired) electrons. The van der Waals surface area contributed by atoms with Crippen molar-refractivity contribution in [1.82, 2.24) is 0 Å². The van der Waals surface area contributed by atoms with Crippen molar-refractivity contribution in [3.05, 3.63) is 47.5 Å². The molecule has 2 aromatic rings. The Morgan fingerprint density at radius 1 is 0.886 bits per heavy atom. The van der Waals surface area contributed by atoms with Gasteiger partial charge in [0.25, 0.3) is 0 Å². The second-order valence-corrected chi connectivity index (χ2v) is 7.99. The highest BCUT2D eigenvalue weighted by molar-refractivity contribution is 5.46. The van der Waals surface area contributed by atoms with Crippen molar-refractivity contribution in [3.8, 4) is 34.8 Å². The zero-order chi connectivity index (χ0) is 25.7. The van der Waals surface area contributed by atoms with Crippen LogP contribution in [0, 0.1) is 11.8 Å². The van der Waals surface area contributed by atoms with E-state index in [1.54, 1.807) is 0 Å². The number of aromatic hydroxyl groups is 4. The normalized spacial score (nSPS) is 25.9. The molecule has 0 saturated carbocycles. The van der Waals surface area contributed by atoms with Gasteiger partial charge >= 0.3 is 0 Å². The molecule has 8 N–H and O–H groups in total. The molecule has 1 aliphatic rings. The Labute approximate surface area is 201 Å². The molecule has 0 amide bonds. The molecule has 35 heavy (non-hydrogen) atoms. The van der Waals surface area contributed by atoms with Gasteiger partial charge in [-0.3, -0.25) is 0 Å². The maximum Gasteiger partial charge on any atom is 0.187 e. The van der Waals surface area contributed by atoms with Crippen LogP contribution >= 0.6 is 0 Å². The van der Waals surface area contributed by atoms with E-state index in [4.69, 9.17) is 14.2 Å². The number of aliphatic hydroxyl groups is 4. The number of hydrogen-bond donors (Lipinski definition) is 8. The van der Waals surface area contributed by atoms with E-state index in [2.05, 4.69) is 11.8 Å². The van der Waals surface area contributed by atoms with Gasteiger partial charge in [-0.05, 0) is 35.9 Å². The molecule has 0 bridgehead atoms. The number of hydrogen-bond acceptors (Lipinski definition) is 11. The van der Waals surface area contributed by atoms with E-state index >= 15 is 0 Å². The van der Waals surface area contributed by atoms with Crippen LogP contribution in [-0.4, -0.2) is 91.4 Å². The average Bonchev–Trinajstić information content (AvgIpc) is 2.84. The fraction of sp³-hybridized carbons (Fsp3) is 0.417. The topological polar surface area (TPSA) is 190 Å². The third-order valence-corrected chi connectivity index (χ3v) is 5.59. The van der Waals surface area contributed by atoms with Gasteiger partial charge < -0.3 is 55.1 Å². The van der Waals surface area contributed by atoms with Crippen LogP contribution in [0.5, 0.6) is 23.0 Å². The summed E-state index contributed by atoms with van der Waals surface area (Å²) in [5.41, 5.74) is 0.782. The fourth-order valence-corrected chi connectivity index (χ4v) is 3.65. The number of methoxy groups -OCH3 is 1. The largest absolute Gasteiger partial charge is 0.504 e. The number of phenolic OH excluding ortho intramolecular Hbond substituents is 4. The Kier molecular flexibility index (Phi) is 8.76. The first-order chi connectivity index (χ1) is 16.7. The van der Waals surface area contributed by atoms with E-state index in [-0.39, 0.29) is 23.7 Å². The van der Waals surface area contributed by atoms with Crippen molar-refractivity contribution in [2.45, 2.75) is 49.3 Å². The highest BCUT2D eigenvalue weighted by Crippen LogP contribution is 2.34. The first-order valence-electron chi connectivity index (χ1n) is 10.7. The van der Waals surface area contributed by atoms with Crippen LogP contribution in [-0.2, 0) is 14.2 Å². The van der Waals surface area contributed by atoms with Crippen molar-refractivity contribution in [2.24, 2.45) is 0 Å². The smallest absolute Gasteiger partial charge is 0.187 e. The fourth-order valence-electron chi connectivity index (χ4n) is 3.65. The summed E-state index contributed by atoms with van der Waals surface area (Å²) in [6.07, 6.45) is -9.49. The molecule has 1 saturated heterocycles. The molecule has 0 aromatic heterocycles. The van der Waals surface area contributed by atoms with Crippen molar-refractivity contribution < 1.29 is 55.1 Å². The lowest BCUT2D eigenvalue weighted by Gasteiger charge is -2.41. The lowest BCUT2D eigenvalue weighted by molar-refractivity contribution is -0.317. The number of benzene rings is 2. The molecule has 11 nitrogen and oxygen atoms in total. The lowest BCUT2D eigenvalue weighted by atomic mass is 9.98. The van der Waals surface area contributed by atoms with Gasteiger partial charge in [-0.15, -0.1) is 0 Å². The Morgan fingerprint density at radius 2 is 1.54 bits per heavy atom. The zero-order valence-electron chi connectivity index (χ0n) is 18.7. The SMILES string of the molecule is COC(c1ccc(O)c(O)c1)C(CC#Cc1ccc(O)c(O)c1)OC1OC(CO)C(O)C(O)C1O. The third-order valence-electron chi connectivity index (χ3n) is 5.59. The first-order valence-corrected chi connectivity index (χ1v) is 10.7. The molecule has 7 unspecified atom stereocenters. The summed E-state index contributed by atoms with van der Waals surface area (Å²) >= 11 is 0. The summed E-state index contributed by atoms with van der Waals surface area (Å²) < 4.78 is 16.9. The molecule has 1 fully saturated rings. The minimum Gasteiger partial charge on any atom is -0.504 e. The first kappa shape index (κ1) is 26.5. The molecule has 1 heterocycles. The molecule has 2 aromatic carbocycles. The van der Waals surface area contributed by atoms with E-state index in [0.29, 0.717) is 11.1 Å². The van der Waals surface area contributed by atoms with Gasteiger partial charge in [0.05, 0.1) is 6.61 Å². The third kappa shape index (κ3) is 6.14. The van der Waals surface area contributed by atoms with Crippen LogP contribution in [0.1, 0.15) is 23.7 Å². The summed E-state index contributed by atoms with van der Waals surface area (Å²) in [7, 11) is 1.36. The van der Waals surface area contributed by atoms with Gasteiger partial charge in [-0.25, -0.2) is 0 Å². The van der Waals surface area contributed by atoms with Crippen molar-refractivity contribution in [2.75, 3.05) is 13.7 Å². The quantitative estimate of drug-likeness (QED) is 0.189. The second kappa shape index (κ2) is 11.6. The van der Waals surface area contributed by atoms with Crippen LogP contribution in [0.2, 0.25) is 0 Å². The van der Waals surface area contributed by atoms with E-state index in [1.807, 2.05) is 0 Å². The van der Waals surface area contributed by atoms with Crippen molar-refractivity contribution >= 4 is 0 Å². The minimum atomic E-state index is -1.66. The molecule has 1 aliphatic heterocycles. The Hall–Kier alpha value is -3.08. The van der Waals surface area contributed by atoms with Crippen molar-refractivity contribution in [3.63, 3.8) is 0 Å². The summed E-state index contributed by atoms with van der Waals surface area (Å²) in [5.74, 6) is 4.26. The predicted molar refractivity (Wildman–Crippen MR) is 119 cm³/mol. The van der Waals surface area contributed by atoms with Gasteiger partial charge in [-0.2, -0.15) is 0 Å². The molecule has 11 heteroatoms. The minimum absolute atomic E-state index is 0.0448. The number of ether oxygens (including phenoxy) is 3. The molecule has 0 aliphatic carbocycles. The van der Waals surface area contributed by atoms with E-state index in [9.17, 15) is 40.9 Å². The Morgan fingerprint density at radius 3 is 2.14 bits per heavy atom. The molecule has 0 spiro atoms. The lowest BCUT2D eigenvalue weighted by Crippen LogP contribution is -2.59. The predicted octanol–water partition coefficient (Wildman–Crippen LogP) is -0.177. The second-order valence-electron chi connectivity index (χ2n) is 7.99. The molecule has 3 rings (SSSR count). The van der Waals surface area contributed by atoms with Gasteiger partial charge in [0.1, 0.15) is 36.6 Å². The van der Waals surface area contributed by atoms with Crippen LogP contribution < -0.4 is 0 Å². The summed E-state index contributed by atoms with van der Waals surface area (Å²) in [4.78, 5) is 0. The van der Waals surface area contributed by atoms with Gasteiger partial charge in [-0.1, -0.05) is 17.9 Å². The molecular weight excluding hydrogens is 464 g/mol. The van der Waals surface area contributed by atoms with Crippen LogP contribution in [0.4, 0.5) is 0 Å². The maximum absolute atomic E-state index is 10.4. The zero-order valence-corrected chi connectivity index (χ0v) is 18.7. The summed E-state index contributed by atoms with van der Waals surface area (Å²) in [6, 6.07) is 8.03. The number of aliphatic hydroxyl groups excluding tert-OH is 4. The molecule has 7 atom stereocenters. The van der Waals surface area contributed by atoms with Crippen molar-refractivity contribution in [1.29, 1.82) is 0 Å². The van der Waals surface area contributed by atoms with Crippen LogP contribution in [0.15, 0.2) is 36.4 Å². The summed E-state index contributed by atoms with van der Waals surface area (Å²) in [5, 5.41) is 78.6. The van der Waals surface area contributed by atoms with E-state index in [0.717, 1.165) is 0 Å². The highest BCUT2D eigenvalue weighted by atomic mass is 16.7.